The van der Waals surface area contributed by atoms with Gasteiger partial charge in [0, 0.05) is 12.2 Å². The number of ether oxygens (including phenoxy) is 1. The summed E-state index contributed by atoms with van der Waals surface area (Å²) in [4.78, 5) is 3.85. The van der Waals surface area contributed by atoms with Crippen molar-refractivity contribution in [2.75, 3.05) is 13.2 Å². The number of nitrogens with one attached hydrogen (secondary N) is 1. The highest BCUT2D eigenvalue weighted by molar-refractivity contribution is 5.20. The number of halogens is 1. The number of pyridine rings is 1. The summed E-state index contributed by atoms with van der Waals surface area (Å²) in [6.07, 6.45) is 3.78. The minimum absolute atomic E-state index is 0.0786. The Morgan fingerprint density at radius 1 is 1.25 bits per heavy atom. The predicted molar refractivity (Wildman–Crippen MR) is 77.2 cm³/mol. The highest BCUT2D eigenvalue weighted by Crippen LogP contribution is 2.12. The first kappa shape index (κ1) is 14.5. The van der Waals surface area contributed by atoms with E-state index in [2.05, 4.69) is 10.3 Å². The molecule has 106 valence electrons. The Balaban J connectivity index is 1.66. The van der Waals surface area contributed by atoms with E-state index in [1.807, 2.05) is 37.3 Å². The van der Waals surface area contributed by atoms with E-state index in [1.54, 1.807) is 6.20 Å². The largest absolute Gasteiger partial charge is 0.494 e. The Hall–Kier alpha value is -1.94. The van der Waals surface area contributed by atoms with Crippen LogP contribution in [0.4, 0.5) is 4.39 Å². The molecule has 2 rings (SSSR count). The quantitative estimate of drug-likeness (QED) is 0.786. The molecule has 0 saturated carbocycles. The number of aromatic nitrogens is 1. The Morgan fingerprint density at radius 3 is 2.80 bits per heavy atom. The van der Waals surface area contributed by atoms with Crippen LogP contribution >= 0.6 is 0 Å². The summed E-state index contributed by atoms with van der Waals surface area (Å²) in [5.74, 6) is 0.582. The molecule has 20 heavy (non-hydrogen) atoms. The van der Waals surface area contributed by atoms with Crippen molar-refractivity contribution in [3.63, 3.8) is 0 Å². The van der Waals surface area contributed by atoms with Gasteiger partial charge in [0.25, 0.3) is 0 Å². The van der Waals surface area contributed by atoms with E-state index in [1.165, 1.54) is 12.3 Å². The van der Waals surface area contributed by atoms with E-state index in [9.17, 15) is 4.39 Å². The number of hydrogen-bond donors (Lipinski definition) is 1. The molecule has 0 amide bonds. The maximum atomic E-state index is 13.0. The van der Waals surface area contributed by atoms with Crippen LogP contribution in [0.15, 0.2) is 48.8 Å². The van der Waals surface area contributed by atoms with Gasteiger partial charge >= 0.3 is 0 Å². The van der Waals surface area contributed by atoms with Gasteiger partial charge in [0.2, 0.25) is 0 Å². The number of rotatable bonds is 7. The van der Waals surface area contributed by atoms with Gasteiger partial charge < -0.3 is 10.1 Å². The smallest absolute Gasteiger partial charge is 0.141 e. The second-order valence-electron chi connectivity index (χ2n) is 4.63. The third kappa shape index (κ3) is 4.63. The summed E-state index contributed by atoms with van der Waals surface area (Å²) in [6.45, 7) is 3.46. The molecular weight excluding hydrogens is 255 g/mol. The third-order valence-electron chi connectivity index (χ3n) is 3.01. The number of para-hydroxylation sites is 1. The Kier molecular flexibility index (Phi) is 5.50. The molecule has 1 aromatic heterocycles. The fraction of sp³-hybridized carbons (Fsp3) is 0.312. The zero-order valence-corrected chi connectivity index (χ0v) is 11.6. The SMILES string of the molecule is CC(NCCCOc1ccccc1)c1cncc(F)c1. The van der Waals surface area contributed by atoms with Gasteiger partial charge in [0.05, 0.1) is 12.8 Å². The predicted octanol–water partition coefficient (Wildman–Crippen LogP) is 3.34. The minimum Gasteiger partial charge on any atom is -0.494 e. The van der Waals surface area contributed by atoms with Gasteiger partial charge in [-0.05, 0) is 43.7 Å². The molecule has 1 heterocycles. The highest BCUT2D eigenvalue weighted by atomic mass is 19.1. The summed E-state index contributed by atoms with van der Waals surface area (Å²) in [7, 11) is 0. The third-order valence-corrected chi connectivity index (χ3v) is 3.01. The van der Waals surface area contributed by atoms with Gasteiger partial charge in [-0.15, -0.1) is 0 Å². The lowest BCUT2D eigenvalue weighted by atomic mass is 10.1. The topological polar surface area (TPSA) is 34.1 Å². The highest BCUT2D eigenvalue weighted by Gasteiger charge is 2.05. The van der Waals surface area contributed by atoms with Crippen molar-refractivity contribution < 1.29 is 9.13 Å². The van der Waals surface area contributed by atoms with E-state index in [4.69, 9.17) is 4.74 Å². The fourth-order valence-electron chi connectivity index (χ4n) is 1.88. The van der Waals surface area contributed by atoms with Gasteiger partial charge in [-0.3, -0.25) is 4.98 Å². The molecule has 0 bridgehead atoms. The normalized spacial score (nSPS) is 12.1. The molecule has 0 aliphatic carbocycles. The number of hydrogen-bond acceptors (Lipinski definition) is 3. The molecule has 0 aliphatic heterocycles. The van der Waals surface area contributed by atoms with E-state index < -0.39 is 0 Å². The summed E-state index contributed by atoms with van der Waals surface area (Å²) in [6, 6.07) is 11.3. The molecule has 1 N–H and O–H groups in total. The molecule has 1 unspecified atom stereocenters. The van der Waals surface area contributed by atoms with E-state index in [0.717, 1.165) is 24.3 Å². The molecule has 0 spiro atoms. The van der Waals surface area contributed by atoms with Crippen molar-refractivity contribution in [3.05, 3.63) is 60.2 Å². The molecule has 0 fully saturated rings. The van der Waals surface area contributed by atoms with Gasteiger partial charge in [-0.25, -0.2) is 4.39 Å². The summed E-state index contributed by atoms with van der Waals surface area (Å²) in [5, 5.41) is 3.33. The van der Waals surface area contributed by atoms with Crippen molar-refractivity contribution in [2.24, 2.45) is 0 Å². The number of nitrogens with zero attached hydrogens (tertiary/aromatic N) is 1. The average molecular weight is 274 g/mol. The van der Waals surface area contributed by atoms with Crippen LogP contribution in [0.25, 0.3) is 0 Å². The first-order chi connectivity index (χ1) is 9.75. The van der Waals surface area contributed by atoms with Gasteiger partial charge in [-0.2, -0.15) is 0 Å². The van der Waals surface area contributed by atoms with Crippen LogP contribution in [-0.2, 0) is 0 Å². The summed E-state index contributed by atoms with van der Waals surface area (Å²) >= 11 is 0. The monoisotopic (exact) mass is 274 g/mol. The maximum absolute atomic E-state index is 13.0. The van der Waals surface area contributed by atoms with Crippen LogP contribution in [-0.4, -0.2) is 18.1 Å². The zero-order chi connectivity index (χ0) is 14.2. The average Bonchev–Trinajstić information content (AvgIpc) is 2.48. The lowest BCUT2D eigenvalue weighted by Gasteiger charge is -2.14. The van der Waals surface area contributed by atoms with Crippen molar-refractivity contribution in [1.82, 2.24) is 10.3 Å². The minimum atomic E-state index is -0.302. The van der Waals surface area contributed by atoms with E-state index in [-0.39, 0.29) is 11.9 Å². The van der Waals surface area contributed by atoms with E-state index >= 15 is 0 Å². The van der Waals surface area contributed by atoms with Crippen LogP contribution in [0.1, 0.15) is 24.9 Å². The fourth-order valence-corrected chi connectivity index (χ4v) is 1.88. The molecule has 2 aromatic rings. The lowest BCUT2D eigenvalue weighted by Crippen LogP contribution is -2.21. The van der Waals surface area contributed by atoms with Crippen LogP contribution < -0.4 is 10.1 Å². The second kappa shape index (κ2) is 7.60. The molecule has 0 saturated heterocycles. The Bertz CT molecular complexity index is 519. The molecule has 4 heteroatoms. The zero-order valence-electron chi connectivity index (χ0n) is 11.6. The molecule has 1 atom stereocenters. The first-order valence-corrected chi connectivity index (χ1v) is 6.77. The first-order valence-electron chi connectivity index (χ1n) is 6.77. The standard InChI is InChI=1S/C16H19FN2O/c1-13(14-10-15(17)12-18-11-14)19-8-5-9-20-16-6-3-2-4-7-16/h2-4,6-7,10-13,19H,5,8-9H2,1H3. The Labute approximate surface area is 118 Å². The summed E-state index contributed by atoms with van der Waals surface area (Å²) < 4.78 is 18.6. The maximum Gasteiger partial charge on any atom is 0.141 e. The molecule has 0 aliphatic rings. The lowest BCUT2D eigenvalue weighted by molar-refractivity contribution is 0.305. The molecule has 3 nitrogen and oxygen atoms in total. The van der Waals surface area contributed by atoms with Crippen molar-refractivity contribution in [1.29, 1.82) is 0 Å². The summed E-state index contributed by atoms with van der Waals surface area (Å²) in [5.41, 5.74) is 0.856. The number of benzene rings is 1. The van der Waals surface area contributed by atoms with Crippen LogP contribution in [0.2, 0.25) is 0 Å². The van der Waals surface area contributed by atoms with Gasteiger partial charge in [0.15, 0.2) is 0 Å². The van der Waals surface area contributed by atoms with Crippen LogP contribution in [0.3, 0.4) is 0 Å². The molecular formula is C16H19FN2O. The van der Waals surface area contributed by atoms with E-state index in [0.29, 0.717) is 6.61 Å². The second-order valence-corrected chi connectivity index (χ2v) is 4.63. The van der Waals surface area contributed by atoms with Crippen LogP contribution in [0, 0.1) is 5.82 Å². The Morgan fingerprint density at radius 2 is 2.05 bits per heavy atom. The van der Waals surface area contributed by atoms with Gasteiger partial charge in [-0.1, -0.05) is 18.2 Å². The van der Waals surface area contributed by atoms with Crippen LogP contribution in [0.5, 0.6) is 5.75 Å². The molecule has 0 radical (unpaired) electrons. The van der Waals surface area contributed by atoms with Crippen molar-refractivity contribution in [2.45, 2.75) is 19.4 Å². The molecule has 1 aromatic carbocycles. The van der Waals surface area contributed by atoms with Gasteiger partial charge in [0.1, 0.15) is 11.6 Å². The van der Waals surface area contributed by atoms with Crippen molar-refractivity contribution >= 4 is 0 Å². The van der Waals surface area contributed by atoms with Crippen molar-refractivity contribution in [3.8, 4) is 5.75 Å².